The minimum absolute atomic E-state index is 0.00904. The number of nitrogens with zero attached hydrogens (tertiary/aromatic N) is 3. The summed E-state index contributed by atoms with van der Waals surface area (Å²) >= 11 is 5.74. The summed E-state index contributed by atoms with van der Waals surface area (Å²) in [5.41, 5.74) is 0.808. The second-order valence-electron chi connectivity index (χ2n) is 8.15. The first-order valence-corrected chi connectivity index (χ1v) is 10.5. The van der Waals surface area contributed by atoms with Crippen molar-refractivity contribution in [3.8, 4) is 11.1 Å². The Morgan fingerprint density at radius 1 is 1.16 bits per heavy atom. The normalized spacial score (nSPS) is 20.8. The molecule has 1 amide bonds. The third-order valence-electron chi connectivity index (χ3n) is 5.85. The summed E-state index contributed by atoms with van der Waals surface area (Å²) in [7, 11) is 0. The van der Waals surface area contributed by atoms with Gasteiger partial charge in [0.05, 0.1) is 17.2 Å². The number of aromatic nitrogens is 2. The van der Waals surface area contributed by atoms with E-state index in [-0.39, 0.29) is 34.5 Å². The number of morpholine rings is 1. The number of carbonyl (C=O) groups is 1. The van der Waals surface area contributed by atoms with Crippen LogP contribution in [0.4, 0.5) is 17.6 Å². The molecule has 2 bridgehead atoms. The van der Waals surface area contributed by atoms with Gasteiger partial charge in [0.2, 0.25) is 0 Å². The summed E-state index contributed by atoms with van der Waals surface area (Å²) < 4.78 is 60.4. The minimum atomic E-state index is -4.50. The second kappa shape index (κ2) is 7.74. The van der Waals surface area contributed by atoms with Crippen molar-refractivity contribution in [1.82, 2.24) is 14.5 Å². The maximum absolute atomic E-state index is 14.0. The highest BCUT2D eigenvalue weighted by Crippen LogP contribution is 2.34. The molecule has 10 heteroatoms. The van der Waals surface area contributed by atoms with Crippen molar-refractivity contribution in [1.29, 1.82) is 0 Å². The van der Waals surface area contributed by atoms with Crippen LogP contribution in [0.2, 0.25) is 5.02 Å². The van der Waals surface area contributed by atoms with Gasteiger partial charge < -0.3 is 14.2 Å². The van der Waals surface area contributed by atoms with E-state index >= 15 is 0 Å². The first kappa shape index (κ1) is 21.2. The van der Waals surface area contributed by atoms with Gasteiger partial charge in [-0.1, -0.05) is 17.7 Å². The van der Waals surface area contributed by atoms with Crippen molar-refractivity contribution in [2.45, 2.75) is 37.8 Å². The summed E-state index contributed by atoms with van der Waals surface area (Å²) in [4.78, 5) is 19.0. The van der Waals surface area contributed by atoms with Crippen LogP contribution in [0.5, 0.6) is 0 Å². The maximum atomic E-state index is 14.0. The number of amides is 1. The van der Waals surface area contributed by atoms with Gasteiger partial charge in [-0.2, -0.15) is 13.2 Å². The summed E-state index contributed by atoms with van der Waals surface area (Å²) in [6, 6.07) is 7.09. The molecule has 2 aliphatic rings. The van der Waals surface area contributed by atoms with E-state index < -0.39 is 18.5 Å². The molecule has 5 nitrogen and oxygen atoms in total. The highest BCUT2D eigenvalue weighted by atomic mass is 35.5. The number of pyridine rings is 1. The summed E-state index contributed by atoms with van der Waals surface area (Å²) in [6.07, 6.45) is -1.48. The van der Waals surface area contributed by atoms with Crippen molar-refractivity contribution in [2.75, 3.05) is 13.1 Å². The molecule has 2 unspecified atom stereocenters. The number of fused-ring (bicyclic) bond motifs is 3. The molecule has 0 aliphatic carbocycles. The Kier molecular flexibility index (Phi) is 5.13. The van der Waals surface area contributed by atoms with E-state index in [1.165, 1.54) is 24.4 Å². The van der Waals surface area contributed by atoms with Crippen LogP contribution in [-0.2, 0) is 11.3 Å². The number of halogens is 5. The molecule has 0 radical (unpaired) electrons. The summed E-state index contributed by atoms with van der Waals surface area (Å²) in [5.74, 6) is -1.02. The van der Waals surface area contributed by atoms with E-state index in [2.05, 4.69) is 4.98 Å². The molecule has 2 atom stereocenters. The van der Waals surface area contributed by atoms with Gasteiger partial charge in [-0.05, 0) is 42.7 Å². The van der Waals surface area contributed by atoms with E-state index in [0.717, 1.165) is 23.5 Å². The molecule has 5 rings (SSSR count). The van der Waals surface area contributed by atoms with Gasteiger partial charge >= 0.3 is 6.18 Å². The summed E-state index contributed by atoms with van der Waals surface area (Å²) in [6.45, 7) is -0.409. The number of rotatable bonds is 3. The van der Waals surface area contributed by atoms with Crippen molar-refractivity contribution in [3.05, 3.63) is 53.1 Å². The molecule has 168 valence electrons. The molecule has 3 aromatic rings. The average Bonchev–Trinajstić information content (AvgIpc) is 3.27. The van der Waals surface area contributed by atoms with Crippen LogP contribution in [0.3, 0.4) is 0 Å². The summed E-state index contributed by atoms with van der Waals surface area (Å²) in [5, 5.41) is 0.299. The molecule has 1 aromatic carbocycles. The Morgan fingerprint density at radius 2 is 1.88 bits per heavy atom. The zero-order valence-corrected chi connectivity index (χ0v) is 17.5. The Morgan fingerprint density at radius 3 is 2.53 bits per heavy atom. The topological polar surface area (TPSA) is 47.4 Å². The third kappa shape index (κ3) is 3.95. The monoisotopic (exact) mass is 467 g/mol. The number of likely N-dealkylation sites (tertiary alicyclic amines) is 1. The van der Waals surface area contributed by atoms with Crippen molar-refractivity contribution < 1.29 is 27.1 Å². The molecule has 0 N–H and O–H groups in total. The molecule has 32 heavy (non-hydrogen) atoms. The number of ether oxygens (including phenoxy) is 1. The Balaban J connectivity index is 1.57. The van der Waals surface area contributed by atoms with Crippen LogP contribution in [0.1, 0.15) is 23.3 Å². The van der Waals surface area contributed by atoms with Crippen molar-refractivity contribution >= 4 is 28.5 Å². The molecule has 2 aliphatic heterocycles. The molecular formula is C22H18ClF4N3O2. The quantitative estimate of drug-likeness (QED) is 0.506. The van der Waals surface area contributed by atoms with Gasteiger partial charge in [0.15, 0.2) is 0 Å². The van der Waals surface area contributed by atoms with Crippen LogP contribution >= 0.6 is 11.6 Å². The van der Waals surface area contributed by atoms with Crippen LogP contribution in [0, 0.1) is 5.82 Å². The zero-order chi connectivity index (χ0) is 22.6. The number of hydrogen-bond acceptors (Lipinski definition) is 3. The fraction of sp³-hybridized carbons (Fsp3) is 0.364. The molecule has 2 fully saturated rings. The van der Waals surface area contributed by atoms with Gasteiger partial charge in [0.1, 0.15) is 23.7 Å². The predicted octanol–water partition coefficient (Wildman–Crippen LogP) is 5.06. The minimum Gasteiger partial charge on any atom is -0.371 e. The molecule has 2 aromatic heterocycles. The van der Waals surface area contributed by atoms with E-state index in [0.29, 0.717) is 29.6 Å². The van der Waals surface area contributed by atoms with Gasteiger partial charge in [0.25, 0.3) is 5.91 Å². The van der Waals surface area contributed by atoms with Crippen LogP contribution in [-0.4, -0.2) is 51.8 Å². The number of alkyl halides is 3. The van der Waals surface area contributed by atoms with Gasteiger partial charge in [0, 0.05) is 30.2 Å². The van der Waals surface area contributed by atoms with E-state index in [4.69, 9.17) is 16.3 Å². The van der Waals surface area contributed by atoms with Crippen LogP contribution in [0.25, 0.3) is 22.2 Å². The van der Waals surface area contributed by atoms with E-state index in [9.17, 15) is 22.4 Å². The molecule has 4 heterocycles. The van der Waals surface area contributed by atoms with Crippen LogP contribution < -0.4 is 0 Å². The van der Waals surface area contributed by atoms with Gasteiger partial charge in [-0.15, -0.1) is 0 Å². The van der Waals surface area contributed by atoms with Gasteiger partial charge in [-0.3, -0.25) is 4.79 Å². The smallest absolute Gasteiger partial charge is 0.371 e. The molecular weight excluding hydrogens is 450 g/mol. The molecule has 2 saturated heterocycles. The van der Waals surface area contributed by atoms with Crippen molar-refractivity contribution in [2.24, 2.45) is 0 Å². The largest absolute Gasteiger partial charge is 0.406 e. The number of benzene rings is 1. The molecule has 0 saturated carbocycles. The Bertz CT molecular complexity index is 1200. The Hall–Kier alpha value is -2.65. The standard InChI is InChI=1S/C22H18ClF4N3O2/c23-17-5-1-12(7-18(17)24)16-10-30(11-22(25,26)27)20-15(16)4-6-19(28-20)21(31)29-8-13-2-3-14(9-29)32-13/h1,4-7,10,13-14H,2-3,8-9,11H2. The fourth-order valence-corrected chi connectivity index (χ4v) is 4.55. The SMILES string of the molecule is O=C(c1ccc2c(-c3ccc(Cl)c(F)c3)cn(CC(F)(F)F)c2n1)N1CC2CCC(C1)O2. The fourth-order valence-electron chi connectivity index (χ4n) is 4.43. The lowest BCUT2D eigenvalue weighted by atomic mass is 10.1. The lowest BCUT2D eigenvalue weighted by Crippen LogP contribution is -2.46. The van der Waals surface area contributed by atoms with E-state index in [1.807, 2.05) is 0 Å². The maximum Gasteiger partial charge on any atom is 0.406 e. The third-order valence-corrected chi connectivity index (χ3v) is 6.16. The average molecular weight is 468 g/mol. The van der Waals surface area contributed by atoms with Crippen LogP contribution in [0.15, 0.2) is 36.5 Å². The van der Waals surface area contributed by atoms with E-state index in [1.54, 1.807) is 11.0 Å². The highest BCUT2D eigenvalue weighted by molar-refractivity contribution is 6.30. The highest BCUT2D eigenvalue weighted by Gasteiger charge is 2.36. The predicted molar refractivity (Wildman–Crippen MR) is 110 cm³/mol. The first-order chi connectivity index (χ1) is 15.2. The lowest BCUT2D eigenvalue weighted by molar-refractivity contribution is -0.139. The first-order valence-electron chi connectivity index (χ1n) is 10.1. The van der Waals surface area contributed by atoms with Crippen molar-refractivity contribution in [3.63, 3.8) is 0 Å². The lowest BCUT2D eigenvalue weighted by Gasteiger charge is -2.31. The number of hydrogen-bond donors (Lipinski definition) is 0. The second-order valence-corrected chi connectivity index (χ2v) is 8.56. The number of carbonyl (C=O) groups excluding carboxylic acids is 1. The zero-order valence-electron chi connectivity index (χ0n) is 16.7. The Labute approximate surface area is 185 Å². The molecule has 0 spiro atoms. The van der Waals surface area contributed by atoms with Gasteiger partial charge in [-0.25, -0.2) is 9.37 Å².